The van der Waals surface area contributed by atoms with E-state index in [1.54, 1.807) is 4.31 Å². The van der Waals surface area contributed by atoms with Gasteiger partial charge in [-0.05, 0) is 59.5 Å². The van der Waals surface area contributed by atoms with Gasteiger partial charge >= 0.3 is 0 Å². The molecule has 4 nitrogen and oxygen atoms in total. The first kappa shape index (κ1) is 15.1. The van der Waals surface area contributed by atoms with E-state index in [9.17, 15) is 8.42 Å². The average Bonchev–Trinajstić information content (AvgIpc) is 2.36. The van der Waals surface area contributed by atoms with E-state index >= 15 is 0 Å². The van der Waals surface area contributed by atoms with Crippen LogP contribution in [0.5, 0.6) is 0 Å². The van der Waals surface area contributed by atoms with E-state index in [-0.39, 0.29) is 0 Å². The highest BCUT2D eigenvalue weighted by atomic mass is 127. The van der Waals surface area contributed by atoms with Gasteiger partial charge < -0.3 is 5.32 Å². The molecule has 1 aromatic rings. The molecule has 106 valence electrons. The van der Waals surface area contributed by atoms with Crippen molar-refractivity contribution in [2.45, 2.75) is 12.8 Å². The number of sulfonamides is 1. The molecule has 0 aromatic heterocycles. The monoisotopic (exact) mass is 394 g/mol. The number of rotatable bonds is 4. The molecule has 1 aliphatic heterocycles. The van der Waals surface area contributed by atoms with Gasteiger partial charge in [-0.3, -0.25) is 0 Å². The molecule has 1 saturated heterocycles. The number of hydrogen-bond acceptors (Lipinski definition) is 3. The molecule has 0 spiro atoms. The van der Waals surface area contributed by atoms with Gasteiger partial charge in [0.15, 0.2) is 0 Å². The standard InChI is InChI=1S/C13H19IN2O2S/c1-19(17,18)16-7-3-4-11(10-16)9-15-13-6-2-5-12(14)8-13/h2,5-6,8,11,15H,3-4,7,9-10H2,1H3. The molecule has 0 radical (unpaired) electrons. The first-order chi connectivity index (χ1) is 8.95. The fourth-order valence-corrected chi connectivity index (χ4v) is 3.84. The van der Waals surface area contributed by atoms with Gasteiger partial charge in [-0.25, -0.2) is 12.7 Å². The molecule has 0 aliphatic carbocycles. The van der Waals surface area contributed by atoms with E-state index in [4.69, 9.17) is 0 Å². The minimum Gasteiger partial charge on any atom is -0.385 e. The van der Waals surface area contributed by atoms with Gasteiger partial charge in [-0.1, -0.05) is 6.07 Å². The second-order valence-corrected chi connectivity index (χ2v) is 8.25. The average molecular weight is 394 g/mol. The van der Waals surface area contributed by atoms with Crippen molar-refractivity contribution in [3.63, 3.8) is 0 Å². The summed E-state index contributed by atoms with van der Waals surface area (Å²) >= 11 is 2.29. The van der Waals surface area contributed by atoms with Crippen LogP contribution in [0.3, 0.4) is 0 Å². The summed E-state index contributed by atoms with van der Waals surface area (Å²) in [6, 6.07) is 8.21. The smallest absolute Gasteiger partial charge is 0.211 e. The predicted octanol–water partition coefficient (Wildman–Crippen LogP) is 2.37. The van der Waals surface area contributed by atoms with E-state index in [2.05, 4.69) is 40.0 Å². The molecular weight excluding hydrogens is 375 g/mol. The highest BCUT2D eigenvalue weighted by Crippen LogP contribution is 2.20. The highest BCUT2D eigenvalue weighted by Gasteiger charge is 2.25. The van der Waals surface area contributed by atoms with Crippen LogP contribution in [0.1, 0.15) is 12.8 Å². The molecule has 0 amide bonds. The van der Waals surface area contributed by atoms with Crippen LogP contribution >= 0.6 is 22.6 Å². The summed E-state index contributed by atoms with van der Waals surface area (Å²) in [6.45, 7) is 2.13. The number of nitrogens with one attached hydrogen (secondary N) is 1. The Morgan fingerprint density at radius 3 is 2.95 bits per heavy atom. The number of piperidine rings is 1. The van der Waals surface area contributed by atoms with Crippen molar-refractivity contribution in [3.8, 4) is 0 Å². The summed E-state index contributed by atoms with van der Waals surface area (Å²) in [4.78, 5) is 0. The van der Waals surface area contributed by atoms with Crippen LogP contribution in [0, 0.1) is 9.49 Å². The van der Waals surface area contributed by atoms with Crippen molar-refractivity contribution < 1.29 is 8.42 Å². The molecule has 1 fully saturated rings. The van der Waals surface area contributed by atoms with Gasteiger partial charge in [0.25, 0.3) is 0 Å². The highest BCUT2D eigenvalue weighted by molar-refractivity contribution is 14.1. The number of anilines is 1. The van der Waals surface area contributed by atoms with Crippen molar-refractivity contribution in [2.24, 2.45) is 5.92 Å². The lowest BCUT2D eigenvalue weighted by Crippen LogP contribution is -2.41. The van der Waals surface area contributed by atoms with Crippen LogP contribution in [0.15, 0.2) is 24.3 Å². The molecule has 0 saturated carbocycles. The van der Waals surface area contributed by atoms with Gasteiger partial charge in [0, 0.05) is 28.9 Å². The van der Waals surface area contributed by atoms with Crippen LogP contribution in [0.4, 0.5) is 5.69 Å². The van der Waals surface area contributed by atoms with Crippen molar-refractivity contribution >= 4 is 38.3 Å². The summed E-state index contributed by atoms with van der Waals surface area (Å²) in [5.74, 6) is 0.390. The zero-order valence-electron chi connectivity index (χ0n) is 11.0. The number of benzene rings is 1. The van der Waals surface area contributed by atoms with Crippen LogP contribution in [-0.2, 0) is 10.0 Å². The van der Waals surface area contributed by atoms with E-state index in [0.29, 0.717) is 19.0 Å². The summed E-state index contributed by atoms with van der Waals surface area (Å²) in [5, 5.41) is 3.40. The number of hydrogen-bond donors (Lipinski definition) is 1. The van der Waals surface area contributed by atoms with Crippen LogP contribution < -0.4 is 5.32 Å². The summed E-state index contributed by atoms with van der Waals surface area (Å²) in [6.07, 6.45) is 3.33. The van der Waals surface area contributed by atoms with Crippen molar-refractivity contribution in [1.29, 1.82) is 0 Å². The molecule has 0 bridgehead atoms. The minimum atomic E-state index is -3.04. The maximum atomic E-state index is 11.6. The normalized spacial score (nSPS) is 21.3. The largest absolute Gasteiger partial charge is 0.385 e. The van der Waals surface area contributed by atoms with Gasteiger partial charge in [0.05, 0.1) is 6.26 Å². The Morgan fingerprint density at radius 2 is 2.26 bits per heavy atom. The van der Waals surface area contributed by atoms with Gasteiger partial charge in [-0.15, -0.1) is 0 Å². The lowest BCUT2D eigenvalue weighted by Gasteiger charge is -2.31. The Kier molecular flexibility index (Phi) is 5.08. The van der Waals surface area contributed by atoms with Crippen LogP contribution in [-0.4, -0.2) is 38.6 Å². The van der Waals surface area contributed by atoms with Crippen LogP contribution in [0.2, 0.25) is 0 Å². The van der Waals surface area contributed by atoms with Crippen molar-refractivity contribution in [1.82, 2.24) is 4.31 Å². The van der Waals surface area contributed by atoms with E-state index in [1.165, 1.54) is 9.83 Å². The van der Waals surface area contributed by atoms with E-state index in [0.717, 1.165) is 25.1 Å². The molecular formula is C13H19IN2O2S. The molecule has 1 aliphatic rings. The van der Waals surface area contributed by atoms with Crippen LogP contribution in [0.25, 0.3) is 0 Å². The molecule has 6 heteroatoms. The molecule has 19 heavy (non-hydrogen) atoms. The summed E-state index contributed by atoms with van der Waals surface area (Å²) in [5.41, 5.74) is 1.10. The number of nitrogens with zero attached hydrogens (tertiary/aromatic N) is 1. The molecule has 1 N–H and O–H groups in total. The Bertz CT molecular complexity index is 533. The second-order valence-electron chi connectivity index (χ2n) is 5.02. The first-order valence-electron chi connectivity index (χ1n) is 6.40. The predicted molar refractivity (Wildman–Crippen MR) is 86.8 cm³/mol. The van der Waals surface area contributed by atoms with E-state index < -0.39 is 10.0 Å². The van der Waals surface area contributed by atoms with Gasteiger partial charge in [-0.2, -0.15) is 0 Å². The SMILES string of the molecule is CS(=O)(=O)N1CCCC(CNc2cccc(I)c2)C1. The third-order valence-electron chi connectivity index (χ3n) is 3.37. The topological polar surface area (TPSA) is 49.4 Å². The van der Waals surface area contributed by atoms with Gasteiger partial charge in [0.2, 0.25) is 10.0 Å². The Hall–Kier alpha value is -0.340. The Labute approximate surface area is 128 Å². The van der Waals surface area contributed by atoms with E-state index in [1.807, 2.05) is 12.1 Å². The summed E-state index contributed by atoms with van der Waals surface area (Å²) in [7, 11) is -3.04. The van der Waals surface area contributed by atoms with Gasteiger partial charge in [0.1, 0.15) is 0 Å². The summed E-state index contributed by atoms with van der Waals surface area (Å²) < 4.78 is 25.9. The fraction of sp³-hybridized carbons (Fsp3) is 0.538. The quantitative estimate of drug-likeness (QED) is 0.798. The molecule has 1 atom stereocenters. The maximum Gasteiger partial charge on any atom is 0.211 e. The molecule has 2 rings (SSSR count). The lowest BCUT2D eigenvalue weighted by atomic mass is 9.99. The Balaban J connectivity index is 1.89. The van der Waals surface area contributed by atoms with Crippen molar-refractivity contribution in [2.75, 3.05) is 31.2 Å². The Morgan fingerprint density at radius 1 is 1.47 bits per heavy atom. The third-order valence-corrected chi connectivity index (χ3v) is 5.31. The minimum absolute atomic E-state index is 0.390. The molecule has 1 heterocycles. The second kappa shape index (κ2) is 6.41. The molecule has 1 unspecified atom stereocenters. The fourth-order valence-electron chi connectivity index (χ4n) is 2.36. The zero-order chi connectivity index (χ0) is 13.9. The number of halogens is 1. The molecule has 1 aromatic carbocycles. The zero-order valence-corrected chi connectivity index (χ0v) is 13.9. The maximum absolute atomic E-state index is 11.6. The third kappa shape index (κ3) is 4.61. The van der Waals surface area contributed by atoms with Crippen molar-refractivity contribution in [3.05, 3.63) is 27.8 Å². The first-order valence-corrected chi connectivity index (χ1v) is 9.32. The lowest BCUT2D eigenvalue weighted by molar-refractivity contribution is 0.277.